The van der Waals surface area contributed by atoms with Gasteiger partial charge in [-0.3, -0.25) is 4.79 Å². The highest BCUT2D eigenvalue weighted by Gasteiger charge is 2.03. The standard InChI is InChI=1S/C16H17NO4/c1-19-13-7-5-12(15(10-13)20-2)6-8-16(18)17-11-14-4-3-9-21-14/h3-10H,11H2,1-2H3,(H,17,18). The van der Waals surface area contributed by atoms with Crippen molar-refractivity contribution < 1.29 is 18.7 Å². The summed E-state index contributed by atoms with van der Waals surface area (Å²) in [5.74, 6) is 1.85. The van der Waals surface area contributed by atoms with Crippen LogP contribution in [0, 0.1) is 0 Å². The van der Waals surface area contributed by atoms with Crippen LogP contribution in [0.1, 0.15) is 11.3 Å². The van der Waals surface area contributed by atoms with Crippen LogP contribution in [0.3, 0.4) is 0 Å². The van der Waals surface area contributed by atoms with Crippen molar-refractivity contribution in [1.29, 1.82) is 0 Å². The molecule has 0 aliphatic heterocycles. The second-order valence-corrected chi connectivity index (χ2v) is 4.24. The fourth-order valence-electron chi connectivity index (χ4n) is 1.77. The fraction of sp³-hybridized carbons (Fsp3) is 0.188. The quantitative estimate of drug-likeness (QED) is 0.830. The van der Waals surface area contributed by atoms with Crippen LogP contribution in [0.4, 0.5) is 0 Å². The third-order valence-corrected chi connectivity index (χ3v) is 2.87. The molecule has 1 aromatic carbocycles. The molecule has 0 aliphatic rings. The highest BCUT2D eigenvalue weighted by molar-refractivity contribution is 5.92. The monoisotopic (exact) mass is 287 g/mol. The second-order valence-electron chi connectivity index (χ2n) is 4.24. The normalized spacial score (nSPS) is 10.6. The van der Waals surface area contributed by atoms with E-state index in [1.54, 1.807) is 44.8 Å². The van der Waals surface area contributed by atoms with E-state index in [-0.39, 0.29) is 5.91 Å². The van der Waals surface area contributed by atoms with Gasteiger partial charge in [-0.2, -0.15) is 0 Å². The molecular formula is C16H17NO4. The van der Waals surface area contributed by atoms with Crippen LogP contribution in [0.15, 0.2) is 47.1 Å². The molecule has 5 nitrogen and oxygen atoms in total. The first kappa shape index (κ1) is 14.7. The van der Waals surface area contributed by atoms with Gasteiger partial charge in [-0.25, -0.2) is 0 Å². The molecule has 0 radical (unpaired) electrons. The Hall–Kier alpha value is -2.69. The molecule has 0 saturated carbocycles. The van der Waals surface area contributed by atoms with Crippen LogP contribution >= 0.6 is 0 Å². The Labute approximate surface area is 123 Å². The number of amides is 1. The van der Waals surface area contributed by atoms with Crippen LogP contribution in [0.2, 0.25) is 0 Å². The number of furan rings is 1. The largest absolute Gasteiger partial charge is 0.497 e. The lowest BCUT2D eigenvalue weighted by Crippen LogP contribution is -2.19. The van der Waals surface area contributed by atoms with Crippen molar-refractivity contribution in [3.63, 3.8) is 0 Å². The summed E-state index contributed by atoms with van der Waals surface area (Å²) in [4.78, 5) is 11.7. The number of carbonyl (C=O) groups is 1. The molecule has 0 bridgehead atoms. The molecule has 1 aromatic heterocycles. The zero-order valence-corrected chi connectivity index (χ0v) is 12.0. The number of methoxy groups -OCH3 is 2. The van der Waals surface area contributed by atoms with E-state index in [1.165, 1.54) is 6.08 Å². The van der Waals surface area contributed by atoms with E-state index in [2.05, 4.69) is 5.32 Å². The Morgan fingerprint density at radius 2 is 2.14 bits per heavy atom. The van der Waals surface area contributed by atoms with E-state index < -0.39 is 0 Å². The maximum atomic E-state index is 11.7. The minimum absolute atomic E-state index is 0.204. The molecule has 2 rings (SSSR count). The number of rotatable bonds is 6. The zero-order chi connectivity index (χ0) is 15.1. The van der Waals surface area contributed by atoms with Gasteiger partial charge in [0.05, 0.1) is 27.0 Å². The van der Waals surface area contributed by atoms with Gasteiger partial charge in [0.15, 0.2) is 0 Å². The van der Waals surface area contributed by atoms with E-state index in [0.717, 1.165) is 5.56 Å². The second kappa shape index (κ2) is 7.19. The fourth-order valence-corrected chi connectivity index (χ4v) is 1.77. The van der Waals surface area contributed by atoms with Gasteiger partial charge in [0, 0.05) is 17.7 Å². The first-order valence-electron chi connectivity index (χ1n) is 6.43. The van der Waals surface area contributed by atoms with Crippen LogP contribution in [0.25, 0.3) is 6.08 Å². The molecule has 0 aliphatic carbocycles. The predicted molar refractivity (Wildman–Crippen MR) is 79.1 cm³/mol. The molecule has 0 fully saturated rings. The number of hydrogen-bond donors (Lipinski definition) is 1. The molecule has 0 unspecified atom stereocenters. The molecular weight excluding hydrogens is 270 g/mol. The highest BCUT2D eigenvalue weighted by Crippen LogP contribution is 2.25. The van der Waals surface area contributed by atoms with Crippen LogP contribution in [-0.4, -0.2) is 20.1 Å². The highest BCUT2D eigenvalue weighted by atomic mass is 16.5. The van der Waals surface area contributed by atoms with Gasteiger partial charge in [-0.1, -0.05) is 0 Å². The number of benzene rings is 1. The molecule has 21 heavy (non-hydrogen) atoms. The zero-order valence-electron chi connectivity index (χ0n) is 12.0. The van der Waals surface area contributed by atoms with E-state index in [9.17, 15) is 4.79 Å². The third kappa shape index (κ3) is 4.14. The molecule has 0 atom stereocenters. The molecule has 1 amide bonds. The Bertz CT molecular complexity index is 617. The number of hydrogen-bond acceptors (Lipinski definition) is 4. The number of ether oxygens (including phenoxy) is 2. The smallest absolute Gasteiger partial charge is 0.244 e. The number of carbonyl (C=O) groups excluding carboxylic acids is 1. The van der Waals surface area contributed by atoms with Gasteiger partial charge in [0.25, 0.3) is 0 Å². The number of nitrogens with one attached hydrogen (secondary N) is 1. The maximum absolute atomic E-state index is 11.7. The first-order valence-corrected chi connectivity index (χ1v) is 6.43. The topological polar surface area (TPSA) is 60.7 Å². The Kier molecular flexibility index (Phi) is 5.04. The van der Waals surface area contributed by atoms with Gasteiger partial charge >= 0.3 is 0 Å². The Morgan fingerprint density at radius 3 is 2.81 bits per heavy atom. The average molecular weight is 287 g/mol. The summed E-state index contributed by atoms with van der Waals surface area (Å²) in [6, 6.07) is 8.98. The molecule has 2 aromatic rings. The van der Waals surface area contributed by atoms with Crippen molar-refractivity contribution in [3.8, 4) is 11.5 Å². The van der Waals surface area contributed by atoms with Crippen molar-refractivity contribution in [2.45, 2.75) is 6.54 Å². The predicted octanol–water partition coefficient (Wildman–Crippen LogP) is 2.63. The van der Waals surface area contributed by atoms with Crippen LogP contribution < -0.4 is 14.8 Å². The summed E-state index contributed by atoms with van der Waals surface area (Å²) >= 11 is 0. The molecule has 0 saturated heterocycles. The van der Waals surface area contributed by atoms with Crippen molar-refractivity contribution >= 4 is 12.0 Å². The minimum atomic E-state index is -0.204. The summed E-state index contributed by atoms with van der Waals surface area (Å²) in [5, 5.41) is 2.73. The maximum Gasteiger partial charge on any atom is 0.244 e. The van der Waals surface area contributed by atoms with Crippen molar-refractivity contribution in [2.75, 3.05) is 14.2 Å². The Morgan fingerprint density at radius 1 is 1.29 bits per heavy atom. The molecule has 110 valence electrons. The van der Waals surface area contributed by atoms with Gasteiger partial charge in [0.1, 0.15) is 17.3 Å². The van der Waals surface area contributed by atoms with Crippen molar-refractivity contribution in [1.82, 2.24) is 5.32 Å². The van der Waals surface area contributed by atoms with Crippen LogP contribution in [-0.2, 0) is 11.3 Å². The molecule has 0 spiro atoms. The summed E-state index contributed by atoms with van der Waals surface area (Å²) in [6.07, 6.45) is 4.71. The lowest BCUT2D eigenvalue weighted by Gasteiger charge is -2.07. The van der Waals surface area contributed by atoms with Gasteiger partial charge in [-0.05, 0) is 30.3 Å². The first-order chi connectivity index (χ1) is 10.2. The molecule has 1 N–H and O–H groups in total. The van der Waals surface area contributed by atoms with Gasteiger partial charge < -0.3 is 19.2 Å². The lowest BCUT2D eigenvalue weighted by atomic mass is 10.1. The molecule has 5 heteroatoms. The third-order valence-electron chi connectivity index (χ3n) is 2.87. The lowest BCUT2D eigenvalue weighted by molar-refractivity contribution is -0.116. The summed E-state index contributed by atoms with van der Waals surface area (Å²) in [6.45, 7) is 0.357. The summed E-state index contributed by atoms with van der Waals surface area (Å²) in [5.41, 5.74) is 0.798. The van der Waals surface area contributed by atoms with E-state index in [4.69, 9.17) is 13.9 Å². The average Bonchev–Trinajstić information content (AvgIpc) is 3.04. The summed E-state index contributed by atoms with van der Waals surface area (Å²) < 4.78 is 15.5. The van der Waals surface area contributed by atoms with E-state index in [1.807, 2.05) is 12.1 Å². The minimum Gasteiger partial charge on any atom is -0.497 e. The SMILES string of the molecule is COc1ccc(C=CC(=O)NCc2ccco2)c(OC)c1. The Balaban J connectivity index is 1.98. The summed E-state index contributed by atoms with van der Waals surface area (Å²) in [7, 11) is 3.16. The van der Waals surface area contributed by atoms with Crippen molar-refractivity contribution in [3.05, 3.63) is 54.0 Å². The van der Waals surface area contributed by atoms with Gasteiger partial charge in [-0.15, -0.1) is 0 Å². The van der Waals surface area contributed by atoms with E-state index in [0.29, 0.717) is 23.8 Å². The molecule has 1 heterocycles. The van der Waals surface area contributed by atoms with E-state index >= 15 is 0 Å². The van der Waals surface area contributed by atoms with Crippen molar-refractivity contribution in [2.24, 2.45) is 0 Å². The van der Waals surface area contributed by atoms with Gasteiger partial charge in [0.2, 0.25) is 5.91 Å². The van der Waals surface area contributed by atoms with Crippen LogP contribution in [0.5, 0.6) is 11.5 Å².